The van der Waals surface area contributed by atoms with Gasteiger partial charge in [0.05, 0.1) is 12.8 Å². The summed E-state index contributed by atoms with van der Waals surface area (Å²) in [7, 11) is 1.47. The van der Waals surface area contributed by atoms with Crippen LogP contribution < -0.4 is 15.6 Å². The number of carbonyl (C=O) groups excluding carboxylic acids is 1. The van der Waals surface area contributed by atoms with E-state index in [1.165, 1.54) is 23.8 Å². The third-order valence-corrected chi connectivity index (χ3v) is 5.53. The Morgan fingerprint density at radius 3 is 2.77 bits per heavy atom. The fraction of sp³-hybridized carbons (Fsp3) is 0.409. The highest BCUT2D eigenvalue weighted by Gasteiger charge is 2.26. The van der Waals surface area contributed by atoms with Crippen LogP contribution in [-0.2, 0) is 6.54 Å². The summed E-state index contributed by atoms with van der Waals surface area (Å²) in [6.45, 7) is 4.37. The number of nitrogens with one attached hydrogen (secondary N) is 1. The Bertz CT molecular complexity index is 1160. The van der Waals surface area contributed by atoms with Crippen molar-refractivity contribution < 1.29 is 13.9 Å². The molecule has 1 N–H and O–H groups in total. The highest BCUT2D eigenvalue weighted by atomic mass is 19.1. The Balaban J connectivity index is 1.84. The third-order valence-electron chi connectivity index (χ3n) is 5.53. The molecule has 1 aliphatic carbocycles. The largest absolute Gasteiger partial charge is 0.497 e. The predicted molar refractivity (Wildman–Crippen MR) is 111 cm³/mol. The van der Waals surface area contributed by atoms with Gasteiger partial charge in [-0.15, -0.1) is 0 Å². The Kier molecular flexibility index (Phi) is 5.32. The molecule has 158 valence electrons. The van der Waals surface area contributed by atoms with Crippen molar-refractivity contribution >= 4 is 11.6 Å². The predicted octanol–water partition coefficient (Wildman–Crippen LogP) is 3.25. The number of rotatable bonds is 7. The molecular weight excluding hydrogens is 387 g/mol. The van der Waals surface area contributed by atoms with Gasteiger partial charge >= 0.3 is 0 Å². The number of aromatic nitrogens is 3. The third kappa shape index (κ3) is 3.81. The molecule has 1 fully saturated rings. The molecule has 0 unspecified atom stereocenters. The van der Waals surface area contributed by atoms with Crippen molar-refractivity contribution in [2.75, 3.05) is 7.11 Å². The maximum Gasteiger partial charge on any atom is 0.294 e. The van der Waals surface area contributed by atoms with E-state index in [0.29, 0.717) is 29.5 Å². The Morgan fingerprint density at radius 2 is 2.13 bits per heavy atom. The van der Waals surface area contributed by atoms with Crippen LogP contribution in [0.5, 0.6) is 5.75 Å². The molecule has 0 aliphatic heterocycles. The molecule has 2 aromatic heterocycles. The first-order chi connectivity index (χ1) is 14.4. The fourth-order valence-corrected chi connectivity index (χ4v) is 3.38. The van der Waals surface area contributed by atoms with Gasteiger partial charge in [0.15, 0.2) is 0 Å². The Hall–Kier alpha value is -3.16. The number of hydrogen-bond acceptors (Lipinski definition) is 4. The zero-order valence-electron chi connectivity index (χ0n) is 17.3. The molecule has 0 bridgehead atoms. The lowest BCUT2D eigenvalue weighted by Gasteiger charge is -2.14. The summed E-state index contributed by atoms with van der Waals surface area (Å²) < 4.78 is 23.0. The van der Waals surface area contributed by atoms with Crippen LogP contribution in [0.2, 0.25) is 0 Å². The minimum Gasteiger partial charge on any atom is -0.497 e. The summed E-state index contributed by atoms with van der Waals surface area (Å²) >= 11 is 0. The van der Waals surface area contributed by atoms with Crippen LogP contribution in [0.4, 0.5) is 4.39 Å². The number of ether oxygens (including phenoxy) is 1. The summed E-state index contributed by atoms with van der Waals surface area (Å²) in [6, 6.07) is 4.56. The molecule has 30 heavy (non-hydrogen) atoms. The van der Waals surface area contributed by atoms with Crippen LogP contribution >= 0.6 is 0 Å². The molecule has 4 rings (SSSR count). The van der Waals surface area contributed by atoms with E-state index in [1.54, 1.807) is 22.9 Å². The number of benzene rings is 1. The second-order valence-corrected chi connectivity index (χ2v) is 7.86. The molecule has 2 heterocycles. The quantitative estimate of drug-likeness (QED) is 0.646. The van der Waals surface area contributed by atoms with Crippen LogP contribution in [0.3, 0.4) is 0 Å². The van der Waals surface area contributed by atoms with Gasteiger partial charge in [0.25, 0.3) is 11.5 Å². The van der Waals surface area contributed by atoms with E-state index in [9.17, 15) is 14.0 Å². The molecule has 8 heteroatoms. The Labute approximate surface area is 173 Å². The maximum atomic E-state index is 14.8. The number of imidazole rings is 1. The fourth-order valence-electron chi connectivity index (χ4n) is 3.38. The van der Waals surface area contributed by atoms with Gasteiger partial charge in [-0.2, -0.15) is 0 Å². The smallest absolute Gasteiger partial charge is 0.294 e. The first-order valence-corrected chi connectivity index (χ1v) is 10.2. The highest BCUT2D eigenvalue weighted by molar-refractivity contribution is 5.93. The average molecular weight is 412 g/mol. The zero-order valence-corrected chi connectivity index (χ0v) is 17.3. The van der Waals surface area contributed by atoms with Gasteiger partial charge in [-0.25, -0.2) is 9.37 Å². The van der Waals surface area contributed by atoms with E-state index in [4.69, 9.17) is 4.74 Å². The summed E-state index contributed by atoms with van der Waals surface area (Å²) in [6.07, 6.45) is 6.05. The minimum atomic E-state index is -0.479. The zero-order chi connectivity index (χ0) is 21.4. The topological polar surface area (TPSA) is 77.6 Å². The number of halogens is 1. The second-order valence-electron chi connectivity index (χ2n) is 7.86. The molecule has 1 amide bonds. The van der Waals surface area contributed by atoms with Crippen LogP contribution in [0.25, 0.3) is 16.9 Å². The van der Waals surface area contributed by atoms with Gasteiger partial charge in [-0.1, -0.05) is 6.92 Å². The first kappa shape index (κ1) is 20.1. The number of methoxy groups -OCH3 is 1. The molecule has 0 radical (unpaired) electrons. The van der Waals surface area contributed by atoms with Gasteiger partial charge in [-0.3, -0.25) is 14.0 Å². The van der Waals surface area contributed by atoms with E-state index in [2.05, 4.69) is 10.3 Å². The van der Waals surface area contributed by atoms with Crippen LogP contribution in [0.1, 0.15) is 43.6 Å². The van der Waals surface area contributed by atoms with E-state index < -0.39 is 5.82 Å². The van der Waals surface area contributed by atoms with Gasteiger partial charge in [0.2, 0.25) is 5.65 Å². The lowest BCUT2D eigenvalue weighted by molar-refractivity contribution is 0.0935. The monoisotopic (exact) mass is 412 g/mol. The number of nitrogens with zero attached hydrogens (tertiary/aromatic N) is 3. The molecule has 1 aliphatic rings. The van der Waals surface area contributed by atoms with Crippen LogP contribution in [0, 0.1) is 11.7 Å². The second kappa shape index (κ2) is 7.93. The average Bonchev–Trinajstić information content (AvgIpc) is 3.45. The van der Waals surface area contributed by atoms with E-state index in [1.807, 2.05) is 13.8 Å². The van der Waals surface area contributed by atoms with Gasteiger partial charge in [0, 0.05) is 36.6 Å². The number of amides is 1. The van der Waals surface area contributed by atoms with Crippen molar-refractivity contribution in [3.8, 4) is 17.0 Å². The number of carbonyl (C=O) groups is 1. The molecule has 7 nitrogen and oxygen atoms in total. The molecular formula is C22H25FN4O3. The minimum absolute atomic E-state index is 0.00204. The van der Waals surface area contributed by atoms with Crippen LogP contribution in [-0.4, -0.2) is 33.0 Å². The molecule has 0 saturated heterocycles. The van der Waals surface area contributed by atoms with Gasteiger partial charge in [0.1, 0.15) is 17.3 Å². The van der Waals surface area contributed by atoms with Crippen molar-refractivity contribution in [2.45, 2.75) is 45.7 Å². The molecule has 1 saturated carbocycles. The summed E-state index contributed by atoms with van der Waals surface area (Å²) in [5.41, 5.74) is 0.734. The maximum absolute atomic E-state index is 14.8. The van der Waals surface area contributed by atoms with Crippen molar-refractivity contribution in [3.05, 3.63) is 52.5 Å². The lowest BCUT2D eigenvalue weighted by Crippen LogP contribution is -2.32. The molecule has 1 atom stereocenters. The summed E-state index contributed by atoms with van der Waals surface area (Å²) in [4.78, 5) is 30.0. The van der Waals surface area contributed by atoms with Crippen molar-refractivity contribution in [1.82, 2.24) is 19.3 Å². The molecule has 1 aromatic carbocycles. The summed E-state index contributed by atoms with van der Waals surface area (Å²) in [5.74, 6) is -0.0146. The normalized spacial score (nSPS) is 14.7. The lowest BCUT2D eigenvalue weighted by atomic mass is 10.1. The summed E-state index contributed by atoms with van der Waals surface area (Å²) in [5, 5.41) is 2.85. The Morgan fingerprint density at radius 1 is 1.37 bits per heavy atom. The van der Waals surface area contributed by atoms with Gasteiger partial charge < -0.3 is 14.6 Å². The number of hydrogen-bond donors (Lipinski definition) is 1. The number of fused-ring (bicyclic) bond motifs is 1. The molecule has 3 aromatic rings. The van der Waals surface area contributed by atoms with Crippen molar-refractivity contribution in [3.63, 3.8) is 0 Å². The van der Waals surface area contributed by atoms with E-state index in [-0.39, 0.29) is 28.8 Å². The standard InChI is InChI=1S/C22H25FN4O3/c1-4-13(2)24-21(28)18-11-26-12-19(16-8-7-15(30-3)9-17(16)23)27(10-14-5-6-14)22(29)20(26)25-18/h7-9,11-14H,4-6,10H2,1-3H3,(H,24,28)/t13-/m0/s1. The molecule has 0 spiro atoms. The van der Waals surface area contributed by atoms with Crippen molar-refractivity contribution in [2.24, 2.45) is 5.92 Å². The van der Waals surface area contributed by atoms with E-state index in [0.717, 1.165) is 19.3 Å². The van der Waals surface area contributed by atoms with Crippen LogP contribution in [0.15, 0.2) is 35.4 Å². The first-order valence-electron chi connectivity index (χ1n) is 10.2. The van der Waals surface area contributed by atoms with Gasteiger partial charge in [-0.05, 0) is 44.2 Å². The SMILES string of the molecule is CC[C@H](C)NC(=O)c1cn2cc(-c3ccc(OC)cc3F)n(CC3CC3)c(=O)c2n1. The highest BCUT2D eigenvalue weighted by Crippen LogP contribution is 2.33. The van der Waals surface area contributed by atoms with Crippen molar-refractivity contribution in [1.29, 1.82) is 0 Å². The van der Waals surface area contributed by atoms with E-state index >= 15 is 0 Å².